The summed E-state index contributed by atoms with van der Waals surface area (Å²) in [5.74, 6) is 0. The minimum atomic E-state index is 0.877. The predicted octanol–water partition coefficient (Wildman–Crippen LogP) is 2.72. The number of hydrogen-bond acceptors (Lipinski definition) is 3. The van der Waals surface area contributed by atoms with Crippen LogP contribution in [0.3, 0.4) is 0 Å². The van der Waals surface area contributed by atoms with Gasteiger partial charge in [0.05, 0.1) is 0 Å². The number of rotatable bonds is 2. The zero-order valence-corrected chi connectivity index (χ0v) is 9.19. The molecule has 78 valence electrons. The molecule has 1 heterocycles. The van der Waals surface area contributed by atoms with Crippen molar-refractivity contribution in [3.05, 3.63) is 36.1 Å². The summed E-state index contributed by atoms with van der Waals surface area (Å²) in [7, 11) is 4.04. The van der Waals surface area contributed by atoms with Crippen LogP contribution in [-0.2, 0) is 0 Å². The number of nitrogens with zero attached hydrogens (tertiary/aromatic N) is 2. The van der Waals surface area contributed by atoms with Crippen molar-refractivity contribution in [2.45, 2.75) is 6.92 Å². The molecule has 0 radical (unpaired) electrons. The number of hydrogen-bond donors (Lipinski definition) is 0. The molecule has 0 N–H and O–H groups in total. The third kappa shape index (κ3) is 1.86. The Hall–Kier alpha value is -1.77. The van der Waals surface area contributed by atoms with E-state index in [1.165, 1.54) is 5.56 Å². The summed E-state index contributed by atoms with van der Waals surface area (Å²) in [5.41, 5.74) is 4.35. The molecule has 0 saturated carbocycles. The van der Waals surface area contributed by atoms with Crippen molar-refractivity contribution in [3.8, 4) is 11.3 Å². The Labute approximate surface area is 89.3 Å². The molecule has 2 rings (SSSR count). The third-order valence-corrected chi connectivity index (χ3v) is 2.35. The molecule has 0 aliphatic carbocycles. The van der Waals surface area contributed by atoms with Crippen LogP contribution in [-0.4, -0.2) is 19.3 Å². The predicted molar refractivity (Wildman–Crippen MR) is 61.0 cm³/mol. The first-order valence-corrected chi connectivity index (χ1v) is 4.87. The van der Waals surface area contributed by atoms with Gasteiger partial charge in [-0.25, -0.2) is 0 Å². The summed E-state index contributed by atoms with van der Waals surface area (Å²) < 4.78 is 4.87. The van der Waals surface area contributed by atoms with Gasteiger partial charge in [-0.3, -0.25) is 0 Å². The number of aryl methyl sites for hydroxylation is 1. The Morgan fingerprint density at radius 1 is 1.20 bits per heavy atom. The van der Waals surface area contributed by atoms with Crippen LogP contribution in [0.5, 0.6) is 0 Å². The first-order valence-electron chi connectivity index (χ1n) is 4.87. The van der Waals surface area contributed by atoms with E-state index in [1.807, 2.05) is 20.2 Å². The van der Waals surface area contributed by atoms with Crippen LogP contribution in [0.1, 0.15) is 5.56 Å². The van der Waals surface area contributed by atoms with E-state index in [2.05, 4.69) is 35.2 Å². The minimum absolute atomic E-state index is 0.877. The van der Waals surface area contributed by atoms with Gasteiger partial charge >= 0.3 is 0 Å². The molecular formula is C12H14N2O. The smallest absolute Gasteiger partial charge is 0.124 e. The molecule has 1 aromatic carbocycles. The molecule has 1 aromatic heterocycles. The van der Waals surface area contributed by atoms with Crippen LogP contribution >= 0.6 is 0 Å². The average molecular weight is 202 g/mol. The summed E-state index contributed by atoms with van der Waals surface area (Å²) in [6, 6.07) is 8.19. The van der Waals surface area contributed by atoms with Gasteiger partial charge in [0.1, 0.15) is 12.0 Å². The van der Waals surface area contributed by atoms with Gasteiger partial charge < -0.3 is 9.42 Å². The Bertz CT molecular complexity index is 447. The lowest BCUT2D eigenvalue weighted by atomic mass is 10.1. The Morgan fingerprint density at radius 2 is 2.00 bits per heavy atom. The molecule has 15 heavy (non-hydrogen) atoms. The maximum Gasteiger partial charge on any atom is 0.124 e. The largest absolute Gasteiger partial charge is 0.377 e. The molecule has 3 nitrogen and oxygen atoms in total. The highest BCUT2D eigenvalue weighted by Crippen LogP contribution is 2.29. The Balaban J connectivity index is 2.58. The molecule has 0 amide bonds. The van der Waals surface area contributed by atoms with Crippen LogP contribution < -0.4 is 4.90 Å². The van der Waals surface area contributed by atoms with Crippen LogP contribution in [0.25, 0.3) is 11.3 Å². The molecular weight excluding hydrogens is 188 g/mol. The molecule has 0 fully saturated rings. The number of benzene rings is 1. The molecule has 0 saturated heterocycles. The van der Waals surface area contributed by atoms with Crippen LogP contribution in [0.2, 0.25) is 0 Å². The van der Waals surface area contributed by atoms with Gasteiger partial charge in [0.2, 0.25) is 0 Å². The fourth-order valence-electron chi connectivity index (χ4n) is 1.60. The van der Waals surface area contributed by atoms with Gasteiger partial charge in [-0.1, -0.05) is 16.8 Å². The fourth-order valence-corrected chi connectivity index (χ4v) is 1.60. The minimum Gasteiger partial charge on any atom is -0.377 e. The molecule has 0 atom stereocenters. The molecule has 0 bridgehead atoms. The maximum atomic E-state index is 4.87. The zero-order valence-electron chi connectivity index (χ0n) is 9.19. The van der Waals surface area contributed by atoms with Crippen LogP contribution in [0.15, 0.2) is 35.1 Å². The molecule has 0 unspecified atom stereocenters. The Morgan fingerprint density at radius 3 is 2.60 bits per heavy atom. The highest BCUT2D eigenvalue weighted by atomic mass is 16.5. The van der Waals surface area contributed by atoms with Crippen molar-refractivity contribution in [2.24, 2.45) is 0 Å². The quantitative estimate of drug-likeness (QED) is 0.749. The first-order chi connectivity index (χ1) is 7.18. The van der Waals surface area contributed by atoms with E-state index < -0.39 is 0 Å². The molecule has 0 aliphatic rings. The first kappa shape index (κ1) is 9.77. The SMILES string of the molecule is Cc1ccc(N(C)C)c(-c2ccon2)c1. The lowest BCUT2D eigenvalue weighted by molar-refractivity contribution is 0.422. The highest BCUT2D eigenvalue weighted by molar-refractivity contribution is 5.76. The van der Waals surface area contributed by atoms with Gasteiger partial charge in [-0.05, 0) is 19.1 Å². The second kappa shape index (κ2) is 3.77. The monoisotopic (exact) mass is 202 g/mol. The summed E-state index contributed by atoms with van der Waals surface area (Å²) >= 11 is 0. The van der Waals surface area contributed by atoms with Gasteiger partial charge in [-0.2, -0.15) is 0 Å². The number of anilines is 1. The summed E-state index contributed by atoms with van der Waals surface area (Å²) in [4.78, 5) is 2.07. The van der Waals surface area contributed by atoms with E-state index in [4.69, 9.17) is 4.52 Å². The fraction of sp³-hybridized carbons (Fsp3) is 0.250. The lowest BCUT2D eigenvalue weighted by Gasteiger charge is -2.16. The van der Waals surface area contributed by atoms with Gasteiger partial charge in [-0.15, -0.1) is 0 Å². The van der Waals surface area contributed by atoms with E-state index in [1.54, 1.807) is 6.26 Å². The van der Waals surface area contributed by atoms with E-state index in [0.29, 0.717) is 0 Å². The van der Waals surface area contributed by atoms with Crippen molar-refractivity contribution in [3.63, 3.8) is 0 Å². The molecule has 0 spiro atoms. The van der Waals surface area contributed by atoms with Gasteiger partial charge in [0.15, 0.2) is 0 Å². The van der Waals surface area contributed by atoms with E-state index in [9.17, 15) is 0 Å². The van der Waals surface area contributed by atoms with Crippen molar-refractivity contribution in [2.75, 3.05) is 19.0 Å². The third-order valence-electron chi connectivity index (χ3n) is 2.35. The summed E-state index contributed by atoms with van der Waals surface area (Å²) in [6.07, 6.45) is 1.59. The second-order valence-electron chi connectivity index (χ2n) is 3.80. The molecule has 3 heteroatoms. The van der Waals surface area contributed by atoms with Crippen molar-refractivity contribution in [1.82, 2.24) is 5.16 Å². The van der Waals surface area contributed by atoms with Crippen molar-refractivity contribution >= 4 is 5.69 Å². The van der Waals surface area contributed by atoms with E-state index in [-0.39, 0.29) is 0 Å². The van der Waals surface area contributed by atoms with Gasteiger partial charge in [0, 0.05) is 31.4 Å². The summed E-state index contributed by atoms with van der Waals surface area (Å²) in [6.45, 7) is 2.07. The Kier molecular flexibility index (Phi) is 2.46. The van der Waals surface area contributed by atoms with Crippen molar-refractivity contribution < 1.29 is 4.52 Å². The zero-order chi connectivity index (χ0) is 10.8. The van der Waals surface area contributed by atoms with Gasteiger partial charge in [0.25, 0.3) is 0 Å². The molecule has 0 aliphatic heterocycles. The average Bonchev–Trinajstić information content (AvgIpc) is 2.69. The lowest BCUT2D eigenvalue weighted by Crippen LogP contribution is -2.10. The van der Waals surface area contributed by atoms with E-state index in [0.717, 1.165) is 16.9 Å². The highest BCUT2D eigenvalue weighted by Gasteiger charge is 2.09. The summed E-state index contributed by atoms with van der Waals surface area (Å²) in [5, 5.41) is 3.97. The van der Waals surface area contributed by atoms with E-state index >= 15 is 0 Å². The maximum absolute atomic E-state index is 4.87. The van der Waals surface area contributed by atoms with Crippen LogP contribution in [0.4, 0.5) is 5.69 Å². The topological polar surface area (TPSA) is 29.3 Å². The van der Waals surface area contributed by atoms with Crippen molar-refractivity contribution in [1.29, 1.82) is 0 Å². The normalized spacial score (nSPS) is 10.3. The molecule has 2 aromatic rings. The second-order valence-corrected chi connectivity index (χ2v) is 3.80. The standard InChI is InChI=1S/C12H14N2O/c1-9-4-5-12(14(2)3)10(8-9)11-6-7-15-13-11/h4-8H,1-3H3. The van der Waals surface area contributed by atoms with Crippen LogP contribution in [0, 0.1) is 6.92 Å². The number of aromatic nitrogens is 1.